The lowest BCUT2D eigenvalue weighted by Gasteiger charge is -2.18. The Kier molecular flexibility index (Phi) is 6.27. The van der Waals surface area contributed by atoms with Crippen molar-refractivity contribution in [2.45, 2.75) is 16.9 Å². The Morgan fingerprint density at radius 3 is 2.33 bits per heavy atom. The molecule has 0 aliphatic heterocycles. The van der Waals surface area contributed by atoms with Gasteiger partial charge in [0.2, 0.25) is 5.60 Å². The van der Waals surface area contributed by atoms with Gasteiger partial charge in [-0.15, -0.1) is 0 Å². The van der Waals surface area contributed by atoms with E-state index in [-0.39, 0.29) is 18.1 Å². The molecule has 3 rings (SSSR count). The molecule has 0 fully saturated rings. The number of rotatable bonds is 8. The normalized spacial score (nSPS) is 13.9. The second-order valence-electron chi connectivity index (χ2n) is 6.42. The van der Waals surface area contributed by atoms with Crippen LogP contribution in [0.2, 0.25) is 0 Å². The first-order valence-electron chi connectivity index (χ1n) is 8.50. The van der Waals surface area contributed by atoms with Crippen molar-refractivity contribution in [1.82, 2.24) is 0 Å². The van der Waals surface area contributed by atoms with Crippen LogP contribution in [0.4, 0.5) is 0 Å². The minimum absolute atomic E-state index is 0.0646. The fourth-order valence-electron chi connectivity index (χ4n) is 2.87. The van der Waals surface area contributed by atoms with E-state index in [2.05, 4.69) is 0 Å². The molecule has 2 N–H and O–H groups in total. The molecule has 6 heteroatoms. The Hall–Kier alpha value is -2.20. The fraction of sp³-hybridized carbons (Fsp3) is 0.190. The molecule has 0 aliphatic rings. The van der Waals surface area contributed by atoms with Gasteiger partial charge < -0.3 is 10.2 Å². The van der Waals surface area contributed by atoms with Gasteiger partial charge in [-0.05, 0) is 28.5 Å². The van der Waals surface area contributed by atoms with Crippen LogP contribution in [0.25, 0.3) is 10.8 Å². The third kappa shape index (κ3) is 5.16. The van der Waals surface area contributed by atoms with E-state index in [1.807, 2.05) is 48.5 Å². The molecule has 0 amide bonds. The summed E-state index contributed by atoms with van der Waals surface area (Å²) in [5.41, 5.74) is -1.07. The van der Waals surface area contributed by atoms with Crippen LogP contribution >= 0.6 is 19.6 Å². The summed E-state index contributed by atoms with van der Waals surface area (Å²) in [4.78, 5) is 12.6. The Morgan fingerprint density at radius 1 is 0.963 bits per heavy atom. The average Bonchev–Trinajstić information content (AvgIpc) is 2.67. The summed E-state index contributed by atoms with van der Waals surface area (Å²) in [5, 5.41) is 22.3. The van der Waals surface area contributed by atoms with Gasteiger partial charge in [0.25, 0.3) is 0 Å². The second-order valence-corrected chi connectivity index (χ2v) is 9.49. The molecule has 0 saturated heterocycles. The maximum atomic E-state index is 12.5. The maximum Gasteiger partial charge on any atom is 0.353 e. The van der Waals surface area contributed by atoms with E-state index >= 15 is 0 Å². The van der Waals surface area contributed by atoms with E-state index in [0.29, 0.717) is 5.56 Å². The van der Waals surface area contributed by atoms with Gasteiger partial charge in [-0.25, -0.2) is 4.79 Å². The molecule has 0 spiro atoms. The van der Waals surface area contributed by atoms with Crippen LogP contribution in [0.15, 0.2) is 77.7 Å². The lowest BCUT2D eigenvalue weighted by molar-refractivity contribution is -0.155. The number of hydrogen-bond donors (Lipinski definition) is 2. The summed E-state index contributed by atoms with van der Waals surface area (Å²) in [6, 6.07) is 22.9. The van der Waals surface area contributed by atoms with E-state index in [0.717, 1.165) is 15.7 Å². The molecule has 0 saturated carbocycles. The summed E-state index contributed by atoms with van der Waals surface area (Å²) in [6.07, 6.45) is -0.335. The number of carboxylic acids is 1. The number of aliphatic hydroxyl groups is 1. The van der Waals surface area contributed by atoms with Gasteiger partial charge in [0.05, 0.1) is 0 Å². The highest BCUT2D eigenvalue weighted by Crippen LogP contribution is 2.36. The van der Waals surface area contributed by atoms with Crippen LogP contribution in [0.3, 0.4) is 0 Å². The number of thioether (sulfide) groups is 1. The van der Waals surface area contributed by atoms with Gasteiger partial charge in [0, 0.05) is 11.3 Å². The first kappa shape index (κ1) is 19.6. The summed E-state index contributed by atoms with van der Waals surface area (Å²) in [7, 11) is -1.88. The summed E-state index contributed by atoms with van der Waals surface area (Å²) in [6.45, 7) is 0. The maximum absolute atomic E-state index is 12.5. The SMILES string of the molecule is O=C(O)C(O)(Cc1ccccc1)C[P+](=O)CSc1ccc2ccccc2c1. The van der Waals surface area contributed by atoms with Crippen molar-refractivity contribution in [3.63, 3.8) is 0 Å². The first-order valence-corrected chi connectivity index (χ1v) is 11.1. The highest BCUT2D eigenvalue weighted by atomic mass is 32.2. The zero-order valence-corrected chi connectivity index (χ0v) is 16.3. The third-order valence-corrected chi connectivity index (χ3v) is 7.40. The van der Waals surface area contributed by atoms with E-state index in [1.54, 1.807) is 24.3 Å². The lowest BCUT2D eigenvalue weighted by Crippen LogP contribution is -2.43. The van der Waals surface area contributed by atoms with Crippen molar-refractivity contribution in [3.8, 4) is 0 Å². The molecular formula is C21H20O4PS+. The van der Waals surface area contributed by atoms with Crippen LogP contribution in [0.1, 0.15) is 5.56 Å². The van der Waals surface area contributed by atoms with Crippen molar-refractivity contribution >= 4 is 36.3 Å². The summed E-state index contributed by atoms with van der Waals surface area (Å²) < 4.78 is 12.5. The zero-order chi connectivity index (χ0) is 19.3. The van der Waals surface area contributed by atoms with E-state index in [1.165, 1.54) is 11.8 Å². The predicted octanol–water partition coefficient (Wildman–Crippen LogP) is 4.78. The fourth-order valence-corrected chi connectivity index (χ4v) is 5.62. The smallest absolute Gasteiger partial charge is 0.353 e. The number of hydrogen-bond acceptors (Lipinski definition) is 4. The molecule has 2 unspecified atom stereocenters. The molecule has 0 aromatic heterocycles. The number of benzene rings is 3. The topological polar surface area (TPSA) is 74.6 Å². The Balaban J connectivity index is 1.64. The lowest BCUT2D eigenvalue weighted by atomic mass is 9.97. The number of fused-ring (bicyclic) bond motifs is 1. The number of aliphatic carboxylic acids is 1. The first-order chi connectivity index (χ1) is 13.0. The predicted molar refractivity (Wildman–Crippen MR) is 110 cm³/mol. The monoisotopic (exact) mass is 399 g/mol. The van der Waals surface area contributed by atoms with Gasteiger partial charge in [-0.3, -0.25) is 0 Å². The molecule has 0 heterocycles. The molecule has 0 radical (unpaired) electrons. The third-order valence-electron chi connectivity index (χ3n) is 4.27. The van der Waals surface area contributed by atoms with Crippen molar-refractivity contribution in [1.29, 1.82) is 0 Å². The zero-order valence-electron chi connectivity index (χ0n) is 14.6. The number of carboxylic acid groups (broad SMARTS) is 1. The van der Waals surface area contributed by atoms with Gasteiger partial charge >= 0.3 is 13.8 Å². The van der Waals surface area contributed by atoms with Gasteiger partial charge in [0.15, 0.2) is 11.7 Å². The average molecular weight is 399 g/mol. The summed E-state index contributed by atoms with van der Waals surface area (Å²) in [5.74, 6) is -1.34. The van der Waals surface area contributed by atoms with Crippen LogP contribution in [-0.4, -0.2) is 33.4 Å². The van der Waals surface area contributed by atoms with E-state index in [9.17, 15) is 19.6 Å². The van der Waals surface area contributed by atoms with Crippen LogP contribution in [0.5, 0.6) is 0 Å². The van der Waals surface area contributed by atoms with Crippen LogP contribution in [-0.2, 0) is 15.8 Å². The minimum Gasteiger partial charge on any atom is -0.479 e. The summed E-state index contributed by atoms with van der Waals surface area (Å²) >= 11 is 1.41. The molecule has 2 atom stereocenters. The molecule has 0 bridgehead atoms. The minimum atomic E-state index is -2.03. The molecule has 138 valence electrons. The highest BCUT2D eigenvalue weighted by molar-refractivity contribution is 8.03. The standard InChI is InChI=1S/C21H19O4PS/c22-20(23)21(24,13-16-6-2-1-3-7-16)14-26(25)15-27-19-11-10-17-8-4-5-9-18(17)12-19/h1-12,24H,13-15H2/p+1. The highest BCUT2D eigenvalue weighted by Gasteiger charge is 2.43. The van der Waals surface area contributed by atoms with Gasteiger partial charge in [-0.2, -0.15) is 0 Å². The Bertz CT molecular complexity index is 961. The van der Waals surface area contributed by atoms with Crippen LogP contribution < -0.4 is 0 Å². The Morgan fingerprint density at radius 2 is 1.63 bits per heavy atom. The second kappa shape index (κ2) is 8.66. The van der Waals surface area contributed by atoms with Crippen LogP contribution in [0, 0.1) is 0 Å². The van der Waals surface area contributed by atoms with Crippen molar-refractivity contribution in [3.05, 3.63) is 78.4 Å². The van der Waals surface area contributed by atoms with E-state index in [4.69, 9.17) is 0 Å². The van der Waals surface area contributed by atoms with Crippen molar-refractivity contribution in [2.75, 3.05) is 11.7 Å². The molecular weight excluding hydrogens is 379 g/mol. The molecule has 3 aromatic carbocycles. The molecule has 4 nitrogen and oxygen atoms in total. The van der Waals surface area contributed by atoms with E-state index < -0.39 is 19.4 Å². The molecule has 27 heavy (non-hydrogen) atoms. The van der Waals surface area contributed by atoms with Gasteiger partial charge in [0.1, 0.15) is 0 Å². The number of carbonyl (C=O) groups is 1. The molecule has 3 aromatic rings. The largest absolute Gasteiger partial charge is 0.479 e. The van der Waals surface area contributed by atoms with Crippen molar-refractivity contribution in [2.24, 2.45) is 0 Å². The van der Waals surface area contributed by atoms with Crippen molar-refractivity contribution < 1.29 is 19.6 Å². The quantitative estimate of drug-likeness (QED) is 0.421. The molecule has 0 aliphatic carbocycles. The Labute approximate surface area is 163 Å². The van der Waals surface area contributed by atoms with Gasteiger partial charge in [-0.1, -0.05) is 77.0 Å².